The number of nitrogens with zero attached hydrogens (tertiary/aromatic N) is 3. The molecule has 1 amide bonds. The lowest BCUT2D eigenvalue weighted by Gasteiger charge is -2.12. The van der Waals surface area contributed by atoms with Gasteiger partial charge in [0.25, 0.3) is 5.91 Å². The van der Waals surface area contributed by atoms with Gasteiger partial charge in [-0.2, -0.15) is 5.26 Å². The van der Waals surface area contributed by atoms with E-state index in [-0.39, 0.29) is 45.0 Å². The summed E-state index contributed by atoms with van der Waals surface area (Å²) in [6.45, 7) is -0.127. The van der Waals surface area contributed by atoms with E-state index in [0.717, 1.165) is 0 Å². The number of aromatic nitrogens is 3. The Morgan fingerprint density at radius 1 is 1.33 bits per heavy atom. The van der Waals surface area contributed by atoms with Crippen molar-refractivity contribution in [2.45, 2.75) is 6.54 Å². The molecule has 0 aliphatic carbocycles. The maximum absolute atomic E-state index is 14.8. The minimum absolute atomic E-state index is 0.00352. The van der Waals surface area contributed by atoms with Crippen molar-refractivity contribution < 1.29 is 13.9 Å². The van der Waals surface area contributed by atoms with Crippen LogP contribution in [0.25, 0.3) is 0 Å². The van der Waals surface area contributed by atoms with Crippen LogP contribution in [0.5, 0.6) is 11.5 Å². The standard InChI is InChI=1S/C17H10Cl2FN5O2/c18-11-3-9(6-21)4-12(5-11)27-15-13(19)2-1-10(14(15)20)7-22-17(26)16-23-8-24-25-16/h1-5,8H,7H2,(H,22,26)(H,23,24,25). The van der Waals surface area contributed by atoms with Crippen molar-refractivity contribution in [3.63, 3.8) is 0 Å². The molecule has 2 N–H and O–H groups in total. The third-order valence-electron chi connectivity index (χ3n) is 3.42. The maximum atomic E-state index is 14.8. The first-order valence-electron chi connectivity index (χ1n) is 7.47. The summed E-state index contributed by atoms with van der Waals surface area (Å²) in [6.07, 6.45) is 1.25. The molecule has 3 aromatic rings. The molecule has 0 fully saturated rings. The number of carbonyl (C=O) groups is 1. The molecule has 0 atom stereocenters. The molecular weight excluding hydrogens is 396 g/mol. The van der Waals surface area contributed by atoms with Crippen LogP contribution in [0, 0.1) is 17.1 Å². The van der Waals surface area contributed by atoms with Crippen LogP contribution in [-0.2, 0) is 6.54 Å². The van der Waals surface area contributed by atoms with Crippen LogP contribution in [0.15, 0.2) is 36.7 Å². The van der Waals surface area contributed by atoms with Gasteiger partial charge in [0.15, 0.2) is 11.6 Å². The van der Waals surface area contributed by atoms with E-state index in [1.807, 2.05) is 6.07 Å². The normalized spacial score (nSPS) is 10.3. The molecule has 0 radical (unpaired) electrons. The number of nitrogens with one attached hydrogen (secondary N) is 2. The molecule has 0 aliphatic rings. The third-order valence-corrected chi connectivity index (χ3v) is 3.94. The molecule has 1 aromatic heterocycles. The van der Waals surface area contributed by atoms with E-state index >= 15 is 0 Å². The van der Waals surface area contributed by atoms with Gasteiger partial charge in [0, 0.05) is 17.1 Å². The molecule has 2 aromatic carbocycles. The van der Waals surface area contributed by atoms with Gasteiger partial charge in [-0.1, -0.05) is 29.3 Å². The van der Waals surface area contributed by atoms with E-state index in [1.54, 1.807) is 0 Å². The molecule has 10 heteroatoms. The number of rotatable bonds is 5. The minimum atomic E-state index is -0.751. The van der Waals surface area contributed by atoms with Gasteiger partial charge in [0.2, 0.25) is 5.82 Å². The monoisotopic (exact) mass is 405 g/mol. The van der Waals surface area contributed by atoms with Crippen molar-refractivity contribution >= 4 is 29.1 Å². The second-order valence-corrected chi connectivity index (χ2v) is 6.10. The van der Waals surface area contributed by atoms with Crippen molar-refractivity contribution in [3.05, 3.63) is 69.5 Å². The zero-order chi connectivity index (χ0) is 19.4. The molecule has 0 saturated carbocycles. The Kier molecular flexibility index (Phi) is 5.54. The maximum Gasteiger partial charge on any atom is 0.289 e. The van der Waals surface area contributed by atoms with Crippen LogP contribution >= 0.6 is 23.2 Å². The molecule has 0 aliphatic heterocycles. The molecule has 1 heterocycles. The van der Waals surface area contributed by atoms with Crippen molar-refractivity contribution in [1.82, 2.24) is 20.5 Å². The molecule has 0 spiro atoms. The Bertz CT molecular complexity index is 1030. The number of benzene rings is 2. The van der Waals surface area contributed by atoms with E-state index in [1.165, 1.54) is 36.7 Å². The highest BCUT2D eigenvalue weighted by atomic mass is 35.5. The summed E-state index contributed by atoms with van der Waals surface area (Å²) in [5.74, 6) is -1.38. The molecule has 0 saturated heterocycles. The van der Waals surface area contributed by atoms with Gasteiger partial charge in [-0.3, -0.25) is 4.79 Å². The zero-order valence-corrected chi connectivity index (χ0v) is 15.0. The fourth-order valence-electron chi connectivity index (χ4n) is 2.18. The first-order chi connectivity index (χ1) is 13.0. The Hall–Kier alpha value is -3.15. The summed E-state index contributed by atoms with van der Waals surface area (Å²) < 4.78 is 20.3. The van der Waals surface area contributed by atoms with E-state index in [0.29, 0.717) is 0 Å². The van der Waals surface area contributed by atoms with Crippen LogP contribution in [0.1, 0.15) is 21.7 Å². The average Bonchev–Trinajstić information content (AvgIpc) is 3.18. The smallest absolute Gasteiger partial charge is 0.289 e. The Labute approximate surface area is 162 Å². The Morgan fingerprint density at radius 2 is 2.15 bits per heavy atom. The fourth-order valence-corrected chi connectivity index (χ4v) is 2.59. The van der Waals surface area contributed by atoms with E-state index < -0.39 is 11.7 Å². The number of H-pyrrole nitrogens is 1. The van der Waals surface area contributed by atoms with Gasteiger partial charge in [-0.25, -0.2) is 4.39 Å². The molecule has 0 unspecified atom stereocenters. The second kappa shape index (κ2) is 8.03. The molecular formula is C17H10Cl2FN5O2. The van der Waals surface area contributed by atoms with Crippen LogP contribution in [0.3, 0.4) is 0 Å². The summed E-state index contributed by atoms with van der Waals surface area (Å²) in [6, 6.07) is 9.06. The van der Waals surface area contributed by atoms with Gasteiger partial charge in [-0.05, 0) is 24.3 Å². The highest BCUT2D eigenvalue weighted by Gasteiger charge is 2.17. The summed E-state index contributed by atoms with van der Waals surface area (Å²) in [5.41, 5.74) is 0.398. The first kappa shape index (κ1) is 18.6. The number of amides is 1. The minimum Gasteiger partial charge on any atom is -0.453 e. The molecule has 27 heavy (non-hydrogen) atoms. The number of hydrogen-bond acceptors (Lipinski definition) is 5. The molecule has 0 bridgehead atoms. The first-order valence-corrected chi connectivity index (χ1v) is 8.23. The number of nitriles is 1. The summed E-state index contributed by atoms with van der Waals surface area (Å²) in [5, 5.41) is 18.8. The SMILES string of the molecule is N#Cc1cc(Cl)cc(Oc2c(Cl)ccc(CNC(=O)c3nnc[nH]3)c2F)c1. The highest BCUT2D eigenvalue weighted by molar-refractivity contribution is 6.32. The highest BCUT2D eigenvalue weighted by Crippen LogP contribution is 2.35. The number of carbonyl (C=O) groups excluding carboxylic acids is 1. The number of aromatic amines is 1. The Morgan fingerprint density at radius 3 is 2.85 bits per heavy atom. The van der Waals surface area contributed by atoms with Crippen molar-refractivity contribution in [2.75, 3.05) is 0 Å². The van der Waals surface area contributed by atoms with Gasteiger partial charge in [0.1, 0.15) is 12.1 Å². The van der Waals surface area contributed by atoms with Gasteiger partial charge >= 0.3 is 0 Å². The quantitative estimate of drug-likeness (QED) is 0.670. The predicted octanol–water partition coefficient (Wildman–Crippen LogP) is 3.84. The van der Waals surface area contributed by atoms with Crippen LogP contribution in [0.2, 0.25) is 10.0 Å². The van der Waals surface area contributed by atoms with E-state index in [9.17, 15) is 9.18 Å². The molecule has 136 valence electrons. The van der Waals surface area contributed by atoms with Crippen molar-refractivity contribution in [3.8, 4) is 17.6 Å². The van der Waals surface area contributed by atoms with Crippen LogP contribution < -0.4 is 10.1 Å². The molecule has 7 nitrogen and oxygen atoms in total. The van der Waals surface area contributed by atoms with Gasteiger partial charge in [-0.15, -0.1) is 10.2 Å². The van der Waals surface area contributed by atoms with Gasteiger partial charge in [0.05, 0.1) is 16.7 Å². The van der Waals surface area contributed by atoms with Crippen LogP contribution in [-0.4, -0.2) is 21.1 Å². The van der Waals surface area contributed by atoms with E-state index in [4.69, 9.17) is 33.2 Å². The number of ether oxygens (including phenoxy) is 1. The largest absolute Gasteiger partial charge is 0.453 e. The second-order valence-electron chi connectivity index (χ2n) is 5.26. The zero-order valence-electron chi connectivity index (χ0n) is 13.5. The topological polar surface area (TPSA) is 104 Å². The van der Waals surface area contributed by atoms with E-state index in [2.05, 4.69) is 20.5 Å². The molecule has 3 rings (SSSR count). The number of hydrogen-bond donors (Lipinski definition) is 2. The summed E-state index contributed by atoms with van der Waals surface area (Å²) in [7, 11) is 0. The lowest BCUT2D eigenvalue weighted by molar-refractivity contribution is 0.0940. The lowest BCUT2D eigenvalue weighted by Crippen LogP contribution is -2.24. The average molecular weight is 406 g/mol. The third kappa shape index (κ3) is 4.34. The van der Waals surface area contributed by atoms with Crippen molar-refractivity contribution in [2.24, 2.45) is 0 Å². The summed E-state index contributed by atoms with van der Waals surface area (Å²) in [4.78, 5) is 14.4. The lowest BCUT2D eigenvalue weighted by atomic mass is 10.2. The van der Waals surface area contributed by atoms with Crippen molar-refractivity contribution in [1.29, 1.82) is 5.26 Å². The Balaban J connectivity index is 1.82. The van der Waals surface area contributed by atoms with Crippen LogP contribution in [0.4, 0.5) is 4.39 Å². The summed E-state index contributed by atoms with van der Waals surface area (Å²) >= 11 is 12.0. The number of halogens is 3. The van der Waals surface area contributed by atoms with Gasteiger partial charge < -0.3 is 15.0 Å². The fraction of sp³-hybridized carbons (Fsp3) is 0.0588. The predicted molar refractivity (Wildman–Crippen MR) is 95.2 cm³/mol.